The molecule has 2 aliphatic rings. The predicted molar refractivity (Wildman–Crippen MR) is 143 cm³/mol. The molecule has 4 rings (SSSR count). The summed E-state index contributed by atoms with van der Waals surface area (Å²) >= 11 is 0. The largest absolute Gasteiger partial charge is 0.506 e. The highest BCUT2D eigenvalue weighted by atomic mass is 16.5. The Labute approximate surface area is 214 Å². The van der Waals surface area contributed by atoms with Crippen molar-refractivity contribution in [3.8, 4) is 22.6 Å². The van der Waals surface area contributed by atoms with E-state index < -0.39 is 11.5 Å². The highest BCUT2D eigenvalue weighted by molar-refractivity contribution is 5.99. The molecule has 2 heterocycles. The van der Waals surface area contributed by atoms with Gasteiger partial charge >= 0.3 is 0 Å². The number of rotatable bonds is 8. The predicted octanol–water partition coefficient (Wildman–Crippen LogP) is 4.75. The fourth-order valence-electron chi connectivity index (χ4n) is 5.80. The average Bonchev–Trinajstić information content (AvgIpc) is 2.88. The number of nitrogens with one attached hydrogen (secondary N) is 1. The van der Waals surface area contributed by atoms with Gasteiger partial charge < -0.3 is 19.7 Å². The molecule has 0 unspecified atom stereocenters. The van der Waals surface area contributed by atoms with E-state index in [4.69, 9.17) is 4.74 Å². The molecule has 1 saturated carbocycles. The first-order valence-corrected chi connectivity index (χ1v) is 13.6. The number of hydrogen-bond donors (Lipinski definition) is 2. The van der Waals surface area contributed by atoms with Gasteiger partial charge in [-0.05, 0) is 50.2 Å². The number of amides is 1. The highest BCUT2D eigenvalue weighted by Crippen LogP contribution is 2.41. The van der Waals surface area contributed by atoms with Gasteiger partial charge in [0, 0.05) is 49.5 Å². The van der Waals surface area contributed by atoms with E-state index in [1.165, 1.54) is 32.1 Å². The number of hydrogen-bond acceptors (Lipinski definition) is 5. The molecule has 36 heavy (non-hydrogen) atoms. The van der Waals surface area contributed by atoms with E-state index in [-0.39, 0.29) is 11.3 Å². The second-order valence-electron chi connectivity index (χ2n) is 10.4. The van der Waals surface area contributed by atoms with Crippen molar-refractivity contribution in [2.75, 3.05) is 39.8 Å². The van der Waals surface area contributed by atoms with Crippen LogP contribution in [0.5, 0.6) is 11.5 Å². The maximum atomic E-state index is 13.6. The molecule has 1 aromatic heterocycles. The van der Waals surface area contributed by atoms with Crippen LogP contribution in [0.15, 0.2) is 23.0 Å². The van der Waals surface area contributed by atoms with Gasteiger partial charge in [0.05, 0.1) is 7.11 Å². The van der Waals surface area contributed by atoms with Gasteiger partial charge in [-0.3, -0.25) is 14.5 Å². The lowest BCUT2D eigenvalue weighted by Crippen LogP contribution is -2.50. The molecule has 0 spiro atoms. The second kappa shape index (κ2) is 12.0. The van der Waals surface area contributed by atoms with E-state index in [2.05, 4.69) is 16.8 Å². The fourth-order valence-corrected chi connectivity index (χ4v) is 5.80. The Balaban J connectivity index is 1.62. The Morgan fingerprint density at radius 2 is 1.83 bits per heavy atom. The Morgan fingerprint density at radius 3 is 2.50 bits per heavy atom. The lowest BCUT2D eigenvalue weighted by molar-refractivity contribution is 0.0601. The van der Waals surface area contributed by atoms with Crippen LogP contribution in [0.4, 0.5) is 0 Å². The molecule has 196 valence electrons. The zero-order chi connectivity index (χ0) is 25.7. The summed E-state index contributed by atoms with van der Waals surface area (Å²) in [6.45, 7) is 7.84. The topological polar surface area (TPSA) is 85.9 Å². The Hall–Kier alpha value is -2.80. The Kier molecular flexibility index (Phi) is 8.72. The smallest absolute Gasteiger partial charge is 0.264 e. The number of unbranched alkanes of at least 4 members (excludes halogenated alkanes) is 1. The van der Waals surface area contributed by atoms with E-state index in [0.717, 1.165) is 44.0 Å². The number of ether oxygens (including phenoxy) is 1. The van der Waals surface area contributed by atoms with Gasteiger partial charge in [0.1, 0.15) is 17.1 Å². The molecule has 1 aliphatic heterocycles. The highest BCUT2D eigenvalue weighted by Gasteiger charge is 2.31. The van der Waals surface area contributed by atoms with Crippen LogP contribution in [0, 0.1) is 12.8 Å². The van der Waals surface area contributed by atoms with Crippen molar-refractivity contribution in [3.63, 3.8) is 0 Å². The lowest BCUT2D eigenvalue weighted by Gasteiger charge is -2.37. The van der Waals surface area contributed by atoms with Crippen molar-refractivity contribution in [3.05, 3.63) is 45.4 Å². The summed E-state index contributed by atoms with van der Waals surface area (Å²) in [5, 5.41) is 11.5. The van der Waals surface area contributed by atoms with E-state index in [1.807, 2.05) is 25.1 Å². The van der Waals surface area contributed by atoms with Gasteiger partial charge in [0.15, 0.2) is 0 Å². The third-order valence-electron chi connectivity index (χ3n) is 7.87. The average molecular weight is 496 g/mol. The first-order valence-electron chi connectivity index (χ1n) is 13.6. The van der Waals surface area contributed by atoms with Crippen LogP contribution < -0.4 is 10.3 Å². The fraction of sp³-hybridized carbons (Fsp3) is 0.586. The summed E-state index contributed by atoms with van der Waals surface area (Å²) < 4.78 is 5.61. The van der Waals surface area contributed by atoms with Gasteiger partial charge in [-0.1, -0.05) is 44.7 Å². The minimum atomic E-state index is -0.524. The normalized spacial score (nSPS) is 17.4. The Bertz CT molecular complexity index is 1110. The monoisotopic (exact) mass is 495 g/mol. The molecule has 0 radical (unpaired) electrons. The van der Waals surface area contributed by atoms with Crippen LogP contribution in [-0.2, 0) is 6.42 Å². The molecule has 1 saturated heterocycles. The Morgan fingerprint density at radius 1 is 1.11 bits per heavy atom. The zero-order valence-electron chi connectivity index (χ0n) is 22.1. The van der Waals surface area contributed by atoms with E-state index in [1.54, 1.807) is 12.0 Å². The summed E-state index contributed by atoms with van der Waals surface area (Å²) in [6.07, 6.45) is 9.01. The summed E-state index contributed by atoms with van der Waals surface area (Å²) in [5.41, 5.74) is 2.06. The number of carbonyl (C=O) groups excluding carboxylic acids is 1. The van der Waals surface area contributed by atoms with Crippen molar-refractivity contribution in [2.45, 2.75) is 65.2 Å². The number of piperazine rings is 1. The first kappa shape index (κ1) is 26.3. The van der Waals surface area contributed by atoms with Gasteiger partial charge in [0.2, 0.25) is 0 Å². The maximum Gasteiger partial charge on any atom is 0.264 e. The maximum absolute atomic E-state index is 13.6. The third kappa shape index (κ3) is 5.61. The first-order chi connectivity index (χ1) is 17.4. The summed E-state index contributed by atoms with van der Waals surface area (Å²) in [5.74, 6) is 0.717. The summed E-state index contributed by atoms with van der Waals surface area (Å²) in [4.78, 5) is 33.8. The van der Waals surface area contributed by atoms with Crippen LogP contribution in [0.1, 0.15) is 73.5 Å². The van der Waals surface area contributed by atoms with Crippen LogP contribution in [0.25, 0.3) is 11.1 Å². The van der Waals surface area contributed by atoms with Gasteiger partial charge in [-0.15, -0.1) is 0 Å². The third-order valence-corrected chi connectivity index (χ3v) is 7.87. The number of nitrogens with zero attached hydrogens (tertiary/aromatic N) is 2. The van der Waals surface area contributed by atoms with Crippen molar-refractivity contribution in [1.29, 1.82) is 0 Å². The van der Waals surface area contributed by atoms with Crippen molar-refractivity contribution >= 4 is 5.91 Å². The number of benzene rings is 1. The summed E-state index contributed by atoms with van der Waals surface area (Å²) in [7, 11) is 1.59. The molecule has 0 atom stereocenters. The lowest BCUT2D eigenvalue weighted by atomic mass is 9.89. The van der Waals surface area contributed by atoms with Crippen molar-refractivity contribution in [1.82, 2.24) is 14.8 Å². The molecule has 2 fully saturated rings. The number of aromatic nitrogens is 1. The molecule has 2 N–H and O–H groups in total. The van der Waals surface area contributed by atoms with E-state index in [0.29, 0.717) is 42.1 Å². The van der Waals surface area contributed by atoms with Gasteiger partial charge in [-0.25, -0.2) is 0 Å². The van der Waals surface area contributed by atoms with Crippen LogP contribution in [0.2, 0.25) is 0 Å². The molecule has 7 heteroatoms. The molecule has 7 nitrogen and oxygen atoms in total. The number of aryl methyl sites for hydroxylation is 2. The van der Waals surface area contributed by atoms with Crippen LogP contribution in [-0.4, -0.2) is 65.6 Å². The van der Waals surface area contributed by atoms with Gasteiger partial charge in [-0.2, -0.15) is 0 Å². The standard InChI is InChI=1S/C29H41N3O4/c1-4-5-13-22-25(24-20(2)10-9-14-23(24)36-3)27(33)26(28(34)30-22)29(35)32-17-15-31(16-18-32)19-21-11-7-6-8-12-21/h9-10,14,21H,4-8,11-13,15-19H2,1-3H3,(H2,30,33,34). The minimum Gasteiger partial charge on any atom is -0.506 e. The van der Waals surface area contributed by atoms with Gasteiger partial charge in [0.25, 0.3) is 11.5 Å². The number of aromatic hydroxyl groups is 1. The van der Waals surface area contributed by atoms with Crippen molar-refractivity contribution in [2.24, 2.45) is 5.92 Å². The number of aromatic amines is 1. The van der Waals surface area contributed by atoms with Crippen LogP contribution >= 0.6 is 0 Å². The number of carbonyl (C=O) groups is 1. The SMILES string of the molecule is CCCCc1[nH]c(=O)c(C(=O)N2CCN(CC3CCCCC3)CC2)c(O)c1-c1c(C)cccc1OC. The van der Waals surface area contributed by atoms with E-state index in [9.17, 15) is 14.7 Å². The summed E-state index contributed by atoms with van der Waals surface area (Å²) in [6, 6.07) is 5.67. The molecule has 1 aromatic carbocycles. The molecular weight excluding hydrogens is 454 g/mol. The second-order valence-corrected chi connectivity index (χ2v) is 10.4. The molecular formula is C29H41N3O4. The minimum absolute atomic E-state index is 0.170. The molecule has 0 bridgehead atoms. The van der Waals surface area contributed by atoms with Crippen molar-refractivity contribution < 1.29 is 14.6 Å². The molecule has 1 aliphatic carbocycles. The number of methoxy groups -OCH3 is 1. The quantitative estimate of drug-likeness (QED) is 0.552. The van der Waals surface area contributed by atoms with Crippen LogP contribution in [0.3, 0.4) is 0 Å². The number of pyridine rings is 1. The number of H-pyrrole nitrogens is 1. The molecule has 1 amide bonds. The van der Waals surface area contributed by atoms with E-state index >= 15 is 0 Å². The zero-order valence-corrected chi connectivity index (χ0v) is 22.1. The molecule has 2 aromatic rings.